The molecule has 0 saturated heterocycles. The van der Waals surface area contributed by atoms with Crippen LogP contribution in [0.2, 0.25) is 5.02 Å². The van der Waals surface area contributed by atoms with Gasteiger partial charge in [0.1, 0.15) is 0 Å². The lowest BCUT2D eigenvalue weighted by Crippen LogP contribution is -2.12. The fourth-order valence-electron chi connectivity index (χ4n) is 1.74. The first kappa shape index (κ1) is 13.1. The van der Waals surface area contributed by atoms with Crippen LogP contribution in [0.1, 0.15) is 32.2 Å². The largest absolute Gasteiger partial charge is 0.325 e. The van der Waals surface area contributed by atoms with Crippen molar-refractivity contribution >= 4 is 11.6 Å². The molecule has 0 aliphatic heterocycles. The Morgan fingerprint density at radius 3 is 2.33 bits per heavy atom. The van der Waals surface area contributed by atoms with Crippen LogP contribution in [0, 0.1) is 0 Å². The molecule has 18 heavy (non-hydrogen) atoms. The standard InChI is InChI=1S/C14H18ClN3/c1-14(2,3)13-8-12(9-16)18(17-13)11-6-4-10(15)5-7-11/h4-8H,9,16H2,1-3H3. The van der Waals surface area contributed by atoms with Gasteiger partial charge in [-0.2, -0.15) is 5.10 Å². The first-order chi connectivity index (χ1) is 8.41. The third-order valence-corrected chi connectivity index (χ3v) is 3.08. The van der Waals surface area contributed by atoms with Crippen LogP contribution in [-0.4, -0.2) is 9.78 Å². The van der Waals surface area contributed by atoms with Crippen LogP contribution < -0.4 is 5.73 Å². The minimum Gasteiger partial charge on any atom is -0.325 e. The van der Waals surface area contributed by atoms with E-state index in [0.717, 1.165) is 22.1 Å². The molecule has 2 aromatic rings. The smallest absolute Gasteiger partial charge is 0.0685 e. The van der Waals surface area contributed by atoms with Gasteiger partial charge in [-0.25, -0.2) is 4.68 Å². The maximum absolute atomic E-state index is 5.90. The molecule has 0 unspecified atom stereocenters. The zero-order valence-electron chi connectivity index (χ0n) is 10.9. The van der Waals surface area contributed by atoms with E-state index in [0.29, 0.717) is 6.54 Å². The van der Waals surface area contributed by atoms with Crippen LogP contribution in [-0.2, 0) is 12.0 Å². The highest BCUT2D eigenvalue weighted by Crippen LogP contribution is 2.24. The first-order valence-electron chi connectivity index (χ1n) is 5.97. The maximum Gasteiger partial charge on any atom is 0.0685 e. The third kappa shape index (κ3) is 2.57. The minimum atomic E-state index is 0.0155. The summed E-state index contributed by atoms with van der Waals surface area (Å²) in [4.78, 5) is 0. The predicted molar refractivity (Wildman–Crippen MR) is 75.2 cm³/mol. The van der Waals surface area contributed by atoms with Gasteiger partial charge in [0.2, 0.25) is 0 Å². The van der Waals surface area contributed by atoms with Crippen molar-refractivity contribution in [3.05, 3.63) is 46.7 Å². The van der Waals surface area contributed by atoms with Crippen molar-refractivity contribution in [3.63, 3.8) is 0 Å². The number of aromatic nitrogens is 2. The number of nitrogens with two attached hydrogens (primary N) is 1. The molecule has 0 aliphatic carbocycles. The fraction of sp³-hybridized carbons (Fsp3) is 0.357. The normalized spacial score (nSPS) is 11.8. The topological polar surface area (TPSA) is 43.8 Å². The maximum atomic E-state index is 5.90. The van der Waals surface area contributed by atoms with E-state index in [2.05, 4.69) is 31.9 Å². The lowest BCUT2D eigenvalue weighted by Gasteiger charge is -2.14. The highest BCUT2D eigenvalue weighted by atomic mass is 35.5. The predicted octanol–water partition coefficient (Wildman–Crippen LogP) is 3.28. The van der Waals surface area contributed by atoms with Crippen LogP contribution in [0.5, 0.6) is 0 Å². The van der Waals surface area contributed by atoms with Gasteiger partial charge < -0.3 is 5.73 Å². The van der Waals surface area contributed by atoms with E-state index in [1.165, 1.54) is 0 Å². The van der Waals surface area contributed by atoms with Gasteiger partial charge >= 0.3 is 0 Å². The highest BCUT2D eigenvalue weighted by molar-refractivity contribution is 6.30. The average Bonchev–Trinajstić information content (AvgIpc) is 2.73. The molecule has 1 aromatic heterocycles. The summed E-state index contributed by atoms with van der Waals surface area (Å²) in [5.41, 5.74) is 8.83. The molecule has 0 aliphatic rings. The molecule has 0 amide bonds. The minimum absolute atomic E-state index is 0.0155. The molecule has 0 radical (unpaired) electrons. The molecular weight excluding hydrogens is 246 g/mol. The van der Waals surface area contributed by atoms with Crippen LogP contribution in [0.4, 0.5) is 0 Å². The van der Waals surface area contributed by atoms with Gasteiger partial charge in [0, 0.05) is 17.0 Å². The van der Waals surface area contributed by atoms with E-state index < -0.39 is 0 Å². The molecule has 1 heterocycles. The lowest BCUT2D eigenvalue weighted by atomic mass is 9.92. The Morgan fingerprint density at radius 2 is 1.83 bits per heavy atom. The monoisotopic (exact) mass is 263 g/mol. The van der Waals surface area contributed by atoms with Crippen molar-refractivity contribution in [3.8, 4) is 5.69 Å². The molecule has 1 aromatic carbocycles. The summed E-state index contributed by atoms with van der Waals surface area (Å²) in [6, 6.07) is 9.67. The lowest BCUT2D eigenvalue weighted by molar-refractivity contribution is 0.560. The van der Waals surface area contributed by atoms with E-state index in [1.54, 1.807) is 0 Å². The van der Waals surface area contributed by atoms with Crippen molar-refractivity contribution < 1.29 is 0 Å². The Bertz CT molecular complexity index is 535. The molecule has 2 rings (SSSR count). The highest BCUT2D eigenvalue weighted by Gasteiger charge is 2.19. The second-order valence-corrected chi connectivity index (χ2v) is 5.80. The number of benzene rings is 1. The Labute approximate surface area is 113 Å². The molecule has 0 fully saturated rings. The van der Waals surface area contributed by atoms with Crippen molar-refractivity contribution in [2.45, 2.75) is 32.7 Å². The van der Waals surface area contributed by atoms with Gasteiger partial charge in [-0.3, -0.25) is 0 Å². The summed E-state index contributed by atoms with van der Waals surface area (Å²) in [6.45, 7) is 6.89. The molecule has 0 bridgehead atoms. The molecule has 4 heteroatoms. The molecular formula is C14H18ClN3. The van der Waals surface area contributed by atoms with E-state index in [1.807, 2.05) is 28.9 Å². The summed E-state index contributed by atoms with van der Waals surface area (Å²) >= 11 is 5.90. The zero-order chi connectivity index (χ0) is 13.3. The van der Waals surface area contributed by atoms with Crippen molar-refractivity contribution in [1.29, 1.82) is 0 Å². The summed E-state index contributed by atoms with van der Waals surface area (Å²) in [7, 11) is 0. The number of hydrogen-bond acceptors (Lipinski definition) is 2. The van der Waals surface area contributed by atoms with E-state index in [9.17, 15) is 0 Å². The summed E-state index contributed by atoms with van der Waals surface area (Å²) in [5, 5.41) is 5.36. The number of rotatable bonds is 2. The second-order valence-electron chi connectivity index (χ2n) is 5.36. The van der Waals surface area contributed by atoms with Gasteiger partial charge in [0.05, 0.1) is 17.1 Å². The van der Waals surface area contributed by atoms with Crippen LogP contribution >= 0.6 is 11.6 Å². The Hall–Kier alpha value is -1.32. The Balaban J connectivity index is 2.50. The third-order valence-electron chi connectivity index (χ3n) is 2.83. The molecule has 0 saturated carbocycles. The first-order valence-corrected chi connectivity index (χ1v) is 6.35. The van der Waals surface area contributed by atoms with Gasteiger partial charge in [-0.05, 0) is 30.3 Å². The zero-order valence-corrected chi connectivity index (χ0v) is 11.7. The van der Waals surface area contributed by atoms with Crippen LogP contribution in [0.15, 0.2) is 30.3 Å². The SMILES string of the molecule is CC(C)(C)c1cc(CN)n(-c2ccc(Cl)cc2)n1. The summed E-state index contributed by atoms with van der Waals surface area (Å²) < 4.78 is 1.89. The molecule has 96 valence electrons. The van der Waals surface area contributed by atoms with E-state index in [-0.39, 0.29) is 5.41 Å². The number of halogens is 1. The Kier molecular flexibility index (Phi) is 3.46. The molecule has 0 atom stereocenters. The molecule has 3 nitrogen and oxygen atoms in total. The van der Waals surface area contributed by atoms with Crippen molar-refractivity contribution in [1.82, 2.24) is 9.78 Å². The van der Waals surface area contributed by atoms with Gasteiger partial charge in [0.25, 0.3) is 0 Å². The van der Waals surface area contributed by atoms with E-state index >= 15 is 0 Å². The average molecular weight is 264 g/mol. The van der Waals surface area contributed by atoms with Gasteiger partial charge in [0.15, 0.2) is 0 Å². The van der Waals surface area contributed by atoms with E-state index in [4.69, 9.17) is 17.3 Å². The van der Waals surface area contributed by atoms with Crippen molar-refractivity contribution in [2.24, 2.45) is 5.73 Å². The summed E-state index contributed by atoms with van der Waals surface area (Å²) in [5.74, 6) is 0. The quantitative estimate of drug-likeness (QED) is 0.904. The van der Waals surface area contributed by atoms with Gasteiger partial charge in [-0.15, -0.1) is 0 Å². The van der Waals surface area contributed by atoms with Crippen LogP contribution in [0.3, 0.4) is 0 Å². The fourth-order valence-corrected chi connectivity index (χ4v) is 1.86. The second kappa shape index (κ2) is 4.75. The summed E-state index contributed by atoms with van der Waals surface area (Å²) in [6.07, 6.45) is 0. The van der Waals surface area contributed by atoms with Gasteiger partial charge in [-0.1, -0.05) is 32.4 Å². The molecule has 2 N–H and O–H groups in total. The molecule has 0 spiro atoms. The van der Waals surface area contributed by atoms with Crippen molar-refractivity contribution in [2.75, 3.05) is 0 Å². The number of hydrogen-bond donors (Lipinski definition) is 1. The number of nitrogens with zero attached hydrogens (tertiary/aromatic N) is 2. The van der Waals surface area contributed by atoms with Crippen LogP contribution in [0.25, 0.3) is 5.69 Å². The Morgan fingerprint density at radius 1 is 1.22 bits per heavy atom.